The summed E-state index contributed by atoms with van der Waals surface area (Å²) in [6.07, 6.45) is 4.06. The molecule has 2 aromatic carbocycles. The average molecular weight is 479 g/mol. The number of unbranched alkanes of at least 4 members (excludes halogenated alkanes) is 1. The molecule has 1 fully saturated rings. The van der Waals surface area contributed by atoms with E-state index >= 15 is 0 Å². The van der Waals surface area contributed by atoms with Gasteiger partial charge in [0.15, 0.2) is 0 Å². The Kier molecular flexibility index (Phi) is 8.06. The summed E-state index contributed by atoms with van der Waals surface area (Å²) in [5.74, 6) is -1.67. The van der Waals surface area contributed by atoms with E-state index in [0.717, 1.165) is 30.4 Å². The van der Waals surface area contributed by atoms with E-state index < -0.39 is 18.0 Å². The van der Waals surface area contributed by atoms with Gasteiger partial charge in [-0.05, 0) is 41.5 Å². The molecule has 2 aromatic rings. The summed E-state index contributed by atoms with van der Waals surface area (Å²) in [7, 11) is 0. The largest absolute Gasteiger partial charge is 0.481 e. The summed E-state index contributed by atoms with van der Waals surface area (Å²) in [6.45, 7) is 2.27. The van der Waals surface area contributed by atoms with Crippen LogP contribution in [0.5, 0.6) is 0 Å². The fourth-order valence-electron chi connectivity index (χ4n) is 5.40. The van der Waals surface area contributed by atoms with Gasteiger partial charge in [0.05, 0.1) is 5.92 Å². The number of alkyl carbamates (subject to hydrolysis) is 1. The SMILES string of the molecule is CCCC[C@@H](CC(=O)NC1CCCC1C(=O)O)NC(=O)OCC1c2ccccc2-c2ccccc21. The van der Waals surface area contributed by atoms with E-state index in [2.05, 4.69) is 41.8 Å². The van der Waals surface area contributed by atoms with Crippen LogP contribution in [0.1, 0.15) is 68.9 Å². The number of carboxylic acid groups (broad SMARTS) is 1. The van der Waals surface area contributed by atoms with Crippen LogP contribution in [0.25, 0.3) is 11.1 Å². The molecule has 0 spiro atoms. The average Bonchev–Trinajstić information content (AvgIpc) is 3.44. The van der Waals surface area contributed by atoms with Gasteiger partial charge >= 0.3 is 12.1 Å². The second kappa shape index (κ2) is 11.4. The maximum absolute atomic E-state index is 12.7. The van der Waals surface area contributed by atoms with Gasteiger partial charge in [-0.15, -0.1) is 0 Å². The van der Waals surface area contributed by atoms with Crippen molar-refractivity contribution >= 4 is 18.0 Å². The van der Waals surface area contributed by atoms with Crippen LogP contribution in [0, 0.1) is 5.92 Å². The quantitative estimate of drug-likeness (QED) is 0.453. The summed E-state index contributed by atoms with van der Waals surface area (Å²) in [4.78, 5) is 36.8. The first-order chi connectivity index (χ1) is 17.0. The van der Waals surface area contributed by atoms with E-state index in [1.54, 1.807) is 0 Å². The number of carbonyl (C=O) groups is 3. The number of hydrogen-bond donors (Lipinski definition) is 3. The minimum absolute atomic E-state index is 0.0270. The van der Waals surface area contributed by atoms with Crippen LogP contribution in [0.15, 0.2) is 48.5 Å². The molecule has 35 heavy (non-hydrogen) atoms. The molecular weight excluding hydrogens is 444 g/mol. The highest BCUT2D eigenvalue weighted by atomic mass is 16.5. The van der Waals surface area contributed by atoms with Crippen LogP contribution in [-0.2, 0) is 14.3 Å². The van der Waals surface area contributed by atoms with Gasteiger partial charge in [0.2, 0.25) is 5.91 Å². The van der Waals surface area contributed by atoms with Crippen molar-refractivity contribution in [2.75, 3.05) is 6.61 Å². The Morgan fingerprint density at radius 1 is 1.03 bits per heavy atom. The van der Waals surface area contributed by atoms with Crippen LogP contribution < -0.4 is 10.6 Å². The predicted molar refractivity (Wildman–Crippen MR) is 133 cm³/mol. The zero-order valence-corrected chi connectivity index (χ0v) is 20.2. The minimum atomic E-state index is -0.868. The molecule has 0 aromatic heterocycles. The Bertz CT molecular complexity index is 1020. The molecule has 2 aliphatic carbocycles. The third-order valence-corrected chi connectivity index (χ3v) is 7.18. The van der Waals surface area contributed by atoms with E-state index in [0.29, 0.717) is 19.3 Å². The van der Waals surface area contributed by atoms with Gasteiger partial charge in [-0.3, -0.25) is 9.59 Å². The van der Waals surface area contributed by atoms with Crippen molar-refractivity contribution in [2.45, 2.75) is 69.9 Å². The van der Waals surface area contributed by atoms with Gasteiger partial charge in [0.25, 0.3) is 0 Å². The Morgan fingerprint density at radius 3 is 2.31 bits per heavy atom. The fraction of sp³-hybridized carbons (Fsp3) is 0.464. The molecule has 0 saturated heterocycles. The molecule has 186 valence electrons. The van der Waals surface area contributed by atoms with Gasteiger partial charge in [-0.2, -0.15) is 0 Å². The molecule has 2 unspecified atom stereocenters. The second-order valence-corrected chi connectivity index (χ2v) is 9.56. The summed E-state index contributed by atoms with van der Waals surface area (Å²) < 4.78 is 5.65. The molecule has 0 bridgehead atoms. The zero-order valence-electron chi connectivity index (χ0n) is 20.2. The topological polar surface area (TPSA) is 105 Å². The fourth-order valence-corrected chi connectivity index (χ4v) is 5.40. The first-order valence-corrected chi connectivity index (χ1v) is 12.6. The lowest BCUT2D eigenvalue weighted by Gasteiger charge is -2.22. The maximum atomic E-state index is 12.7. The summed E-state index contributed by atoms with van der Waals surface area (Å²) in [6, 6.07) is 15.6. The Morgan fingerprint density at radius 2 is 1.69 bits per heavy atom. The molecular formula is C28H34N2O5. The molecule has 0 aliphatic heterocycles. The lowest BCUT2D eigenvalue weighted by atomic mass is 9.98. The highest BCUT2D eigenvalue weighted by Crippen LogP contribution is 2.44. The second-order valence-electron chi connectivity index (χ2n) is 9.56. The highest BCUT2D eigenvalue weighted by molar-refractivity contribution is 5.80. The van der Waals surface area contributed by atoms with Crippen molar-refractivity contribution in [3.63, 3.8) is 0 Å². The molecule has 2 amide bonds. The van der Waals surface area contributed by atoms with E-state index in [4.69, 9.17) is 4.74 Å². The molecule has 3 atom stereocenters. The number of fused-ring (bicyclic) bond motifs is 3. The highest BCUT2D eigenvalue weighted by Gasteiger charge is 2.34. The normalized spacial score (nSPS) is 19.5. The molecule has 3 N–H and O–H groups in total. The van der Waals surface area contributed by atoms with Crippen LogP contribution in [0.3, 0.4) is 0 Å². The first-order valence-electron chi connectivity index (χ1n) is 12.6. The maximum Gasteiger partial charge on any atom is 0.407 e. The Labute approximate surface area is 206 Å². The number of nitrogens with one attached hydrogen (secondary N) is 2. The van der Waals surface area contributed by atoms with Gasteiger partial charge in [-0.25, -0.2) is 4.79 Å². The minimum Gasteiger partial charge on any atom is -0.481 e. The van der Waals surface area contributed by atoms with Gasteiger partial charge < -0.3 is 20.5 Å². The van der Waals surface area contributed by atoms with Crippen LogP contribution in [0.2, 0.25) is 0 Å². The monoisotopic (exact) mass is 478 g/mol. The van der Waals surface area contributed by atoms with Crippen LogP contribution in [0.4, 0.5) is 4.79 Å². The van der Waals surface area contributed by atoms with E-state index in [1.165, 1.54) is 11.1 Å². The summed E-state index contributed by atoms with van der Waals surface area (Å²) in [5, 5.41) is 15.1. The van der Waals surface area contributed by atoms with Crippen molar-refractivity contribution in [1.82, 2.24) is 10.6 Å². The van der Waals surface area contributed by atoms with Crippen molar-refractivity contribution in [3.05, 3.63) is 59.7 Å². The predicted octanol–water partition coefficient (Wildman–Crippen LogP) is 4.84. The number of carbonyl (C=O) groups excluding carboxylic acids is 2. The van der Waals surface area contributed by atoms with Crippen molar-refractivity contribution in [3.8, 4) is 11.1 Å². The molecule has 7 heteroatoms. The van der Waals surface area contributed by atoms with E-state index in [-0.39, 0.29) is 36.9 Å². The Hall–Kier alpha value is -3.35. The lowest BCUT2D eigenvalue weighted by molar-refractivity contribution is -0.142. The smallest absolute Gasteiger partial charge is 0.407 e. The zero-order chi connectivity index (χ0) is 24.8. The number of benzene rings is 2. The Balaban J connectivity index is 1.34. The molecule has 1 saturated carbocycles. The number of aliphatic carboxylic acids is 1. The lowest BCUT2D eigenvalue weighted by Crippen LogP contribution is -2.44. The molecule has 0 radical (unpaired) electrons. The summed E-state index contributed by atoms with van der Waals surface area (Å²) in [5.41, 5.74) is 4.63. The molecule has 7 nitrogen and oxygen atoms in total. The van der Waals surface area contributed by atoms with Crippen molar-refractivity contribution < 1.29 is 24.2 Å². The first kappa shape index (κ1) is 24.8. The van der Waals surface area contributed by atoms with Gasteiger partial charge in [0, 0.05) is 24.4 Å². The van der Waals surface area contributed by atoms with E-state index in [9.17, 15) is 19.5 Å². The number of ether oxygens (including phenoxy) is 1. The van der Waals surface area contributed by atoms with Crippen LogP contribution in [-0.4, -0.2) is 41.8 Å². The molecule has 0 heterocycles. The van der Waals surface area contributed by atoms with Crippen LogP contribution >= 0.6 is 0 Å². The van der Waals surface area contributed by atoms with Crippen molar-refractivity contribution in [2.24, 2.45) is 5.92 Å². The molecule has 2 aliphatic rings. The number of rotatable bonds is 10. The number of carboxylic acids is 1. The number of hydrogen-bond acceptors (Lipinski definition) is 4. The third-order valence-electron chi connectivity index (χ3n) is 7.18. The van der Waals surface area contributed by atoms with E-state index in [1.807, 2.05) is 24.3 Å². The van der Waals surface area contributed by atoms with Gasteiger partial charge in [-0.1, -0.05) is 74.7 Å². The van der Waals surface area contributed by atoms with Gasteiger partial charge in [0.1, 0.15) is 6.61 Å². The number of amides is 2. The summed E-state index contributed by atoms with van der Waals surface area (Å²) >= 11 is 0. The van der Waals surface area contributed by atoms with Crippen molar-refractivity contribution in [1.29, 1.82) is 0 Å². The standard InChI is InChI=1S/C28H34N2O5/c1-2-3-9-18(16-26(31)30-25-15-8-14-23(25)27(32)33)29-28(34)35-17-24-21-12-6-4-10-19(21)20-11-5-7-13-22(20)24/h4-7,10-13,18,23-25H,2-3,8-9,14-17H2,1H3,(H,29,34)(H,30,31)(H,32,33)/t18-,23?,25?/m0/s1. The molecule has 4 rings (SSSR count). The third kappa shape index (κ3) is 5.84.